The van der Waals surface area contributed by atoms with Crippen LogP contribution >= 0.6 is 0 Å². The van der Waals surface area contributed by atoms with Gasteiger partial charge in [0.15, 0.2) is 0 Å². The van der Waals surface area contributed by atoms with E-state index in [1.165, 1.54) is 12.8 Å². The molecule has 2 rings (SSSR count). The predicted molar refractivity (Wildman–Crippen MR) is 86.5 cm³/mol. The van der Waals surface area contributed by atoms with Crippen LogP contribution in [0.15, 0.2) is 30.3 Å². The smallest absolute Gasteiger partial charge is 0.119 e. The molecule has 0 radical (unpaired) electrons. The van der Waals surface area contributed by atoms with Gasteiger partial charge in [0, 0.05) is 6.54 Å². The Hall–Kier alpha value is -1.06. The fourth-order valence-electron chi connectivity index (χ4n) is 3.17. The molecule has 0 unspecified atom stereocenters. The summed E-state index contributed by atoms with van der Waals surface area (Å²) in [5.41, 5.74) is 5.87. The third-order valence-electron chi connectivity index (χ3n) is 4.76. The lowest BCUT2D eigenvalue weighted by molar-refractivity contribution is -0.0816. The van der Waals surface area contributed by atoms with Crippen molar-refractivity contribution in [2.24, 2.45) is 17.6 Å². The number of hydrogen-bond acceptors (Lipinski definition) is 3. The largest absolute Gasteiger partial charge is 0.491 e. The van der Waals surface area contributed by atoms with Crippen molar-refractivity contribution in [3.05, 3.63) is 30.3 Å². The number of rotatable bonds is 7. The van der Waals surface area contributed by atoms with Crippen LogP contribution in [0.25, 0.3) is 0 Å². The SMILES string of the molecule is CC(C)C1CCC(CN)(OCCOc2ccccc2)CC1. The van der Waals surface area contributed by atoms with Crippen LogP contribution in [-0.4, -0.2) is 25.4 Å². The van der Waals surface area contributed by atoms with Crippen LogP contribution in [0, 0.1) is 11.8 Å². The van der Waals surface area contributed by atoms with Gasteiger partial charge in [0.05, 0.1) is 12.2 Å². The van der Waals surface area contributed by atoms with Crippen LogP contribution in [0.5, 0.6) is 5.75 Å². The van der Waals surface area contributed by atoms with Crippen molar-refractivity contribution < 1.29 is 9.47 Å². The highest BCUT2D eigenvalue weighted by Crippen LogP contribution is 2.37. The Morgan fingerprint density at radius 1 is 1.14 bits per heavy atom. The molecule has 0 bridgehead atoms. The molecule has 1 aliphatic rings. The second-order valence-corrected chi connectivity index (χ2v) is 6.48. The Morgan fingerprint density at radius 3 is 2.38 bits per heavy atom. The van der Waals surface area contributed by atoms with Crippen molar-refractivity contribution in [1.29, 1.82) is 0 Å². The zero-order valence-electron chi connectivity index (χ0n) is 13.4. The third kappa shape index (κ3) is 4.72. The molecule has 0 atom stereocenters. The molecule has 1 saturated carbocycles. The first-order valence-corrected chi connectivity index (χ1v) is 8.17. The van der Waals surface area contributed by atoms with Crippen molar-refractivity contribution in [2.45, 2.75) is 45.1 Å². The third-order valence-corrected chi connectivity index (χ3v) is 4.76. The van der Waals surface area contributed by atoms with E-state index in [1.54, 1.807) is 0 Å². The molecule has 0 aliphatic heterocycles. The van der Waals surface area contributed by atoms with Gasteiger partial charge in [0.1, 0.15) is 12.4 Å². The average Bonchev–Trinajstić information content (AvgIpc) is 2.53. The maximum absolute atomic E-state index is 6.12. The van der Waals surface area contributed by atoms with Gasteiger partial charge in [-0.2, -0.15) is 0 Å². The molecule has 1 aliphatic carbocycles. The Bertz CT molecular complexity index is 397. The van der Waals surface area contributed by atoms with Crippen LogP contribution in [0.4, 0.5) is 0 Å². The quantitative estimate of drug-likeness (QED) is 0.780. The van der Waals surface area contributed by atoms with Crippen molar-refractivity contribution in [1.82, 2.24) is 0 Å². The molecule has 3 nitrogen and oxygen atoms in total. The van der Waals surface area contributed by atoms with Crippen molar-refractivity contribution >= 4 is 0 Å². The van der Waals surface area contributed by atoms with Gasteiger partial charge in [0.2, 0.25) is 0 Å². The molecule has 1 aromatic carbocycles. The average molecular weight is 291 g/mol. The highest BCUT2D eigenvalue weighted by molar-refractivity contribution is 5.20. The van der Waals surface area contributed by atoms with Crippen molar-refractivity contribution in [3.8, 4) is 5.75 Å². The summed E-state index contributed by atoms with van der Waals surface area (Å²) in [7, 11) is 0. The maximum atomic E-state index is 6.12. The van der Waals surface area contributed by atoms with Gasteiger partial charge in [-0.25, -0.2) is 0 Å². The monoisotopic (exact) mass is 291 g/mol. The van der Waals surface area contributed by atoms with E-state index in [-0.39, 0.29) is 5.60 Å². The number of ether oxygens (including phenoxy) is 2. The lowest BCUT2D eigenvalue weighted by Gasteiger charge is -2.40. The van der Waals surface area contributed by atoms with Gasteiger partial charge in [-0.1, -0.05) is 32.0 Å². The number of hydrogen-bond donors (Lipinski definition) is 1. The highest BCUT2D eigenvalue weighted by atomic mass is 16.5. The summed E-state index contributed by atoms with van der Waals surface area (Å²) in [5, 5.41) is 0. The zero-order chi connectivity index (χ0) is 15.1. The molecular formula is C18H29NO2. The highest BCUT2D eigenvalue weighted by Gasteiger charge is 2.35. The topological polar surface area (TPSA) is 44.5 Å². The Morgan fingerprint density at radius 2 is 1.81 bits per heavy atom. The molecule has 21 heavy (non-hydrogen) atoms. The standard InChI is InChI=1S/C18H29NO2/c1-15(2)16-8-10-18(14-19,11-9-16)21-13-12-20-17-6-4-3-5-7-17/h3-7,15-16H,8-14,19H2,1-2H3. The van der Waals surface area contributed by atoms with Crippen LogP contribution in [0.1, 0.15) is 39.5 Å². The molecule has 0 saturated heterocycles. The molecule has 1 fully saturated rings. The number of benzene rings is 1. The summed E-state index contributed by atoms with van der Waals surface area (Å²) in [6, 6.07) is 9.87. The van der Waals surface area contributed by atoms with Gasteiger partial charge >= 0.3 is 0 Å². The summed E-state index contributed by atoms with van der Waals surface area (Å²) in [6.07, 6.45) is 4.62. The van der Waals surface area contributed by atoms with Gasteiger partial charge < -0.3 is 15.2 Å². The summed E-state index contributed by atoms with van der Waals surface area (Å²) in [5.74, 6) is 2.49. The number of para-hydroxylation sites is 1. The van der Waals surface area contributed by atoms with Crippen LogP contribution in [0.3, 0.4) is 0 Å². The lowest BCUT2D eigenvalue weighted by Crippen LogP contribution is -2.45. The fraction of sp³-hybridized carbons (Fsp3) is 0.667. The zero-order valence-corrected chi connectivity index (χ0v) is 13.4. The van der Waals surface area contributed by atoms with Crippen LogP contribution < -0.4 is 10.5 Å². The summed E-state index contributed by atoms with van der Waals surface area (Å²) < 4.78 is 11.8. The van der Waals surface area contributed by atoms with Gasteiger partial charge in [-0.3, -0.25) is 0 Å². The fourth-order valence-corrected chi connectivity index (χ4v) is 3.17. The normalized spacial score (nSPS) is 26.0. The van der Waals surface area contributed by atoms with Gasteiger partial charge in [0.25, 0.3) is 0 Å². The molecule has 0 heterocycles. The summed E-state index contributed by atoms with van der Waals surface area (Å²) in [4.78, 5) is 0. The van der Waals surface area contributed by atoms with E-state index in [4.69, 9.17) is 15.2 Å². The molecule has 2 N–H and O–H groups in total. The Labute approximate surface area is 128 Å². The molecule has 1 aromatic rings. The van der Waals surface area contributed by atoms with E-state index in [9.17, 15) is 0 Å². The molecule has 0 spiro atoms. The first-order valence-electron chi connectivity index (χ1n) is 8.17. The van der Waals surface area contributed by atoms with Crippen LogP contribution in [0.2, 0.25) is 0 Å². The minimum Gasteiger partial charge on any atom is -0.491 e. The summed E-state index contributed by atoms with van der Waals surface area (Å²) in [6.45, 7) is 6.43. The van der Waals surface area contributed by atoms with Crippen molar-refractivity contribution in [2.75, 3.05) is 19.8 Å². The van der Waals surface area contributed by atoms with Gasteiger partial charge in [-0.15, -0.1) is 0 Å². The Kier molecular flexibility index (Phi) is 6.07. The van der Waals surface area contributed by atoms with E-state index >= 15 is 0 Å². The molecule has 118 valence electrons. The molecule has 0 amide bonds. The maximum Gasteiger partial charge on any atom is 0.119 e. The summed E-state index contributed by atoms with van der Waals surface area (Å²) >= 11 is 0. The van der Waals surface area contributed by atoms with Gasteiger partial charge in [-0.05, 0) is 49.7 Å². The molecular weight excluding hydrogens is 262 g/mol. The molecule has 0 aromatic heterocycles. The van der Waals surface area contributed by atoms with E-state index in [1.807, 2.05) is 30.3 Å². The minimum atomic E-state index is -0.120. The second kappa shape index (κ2) is 7.81. The first kappa shape index (κ1) is 16.3. The van der Waals surface area contributed by atoms with E-state index in [0.717, 1.165) is 30.4 Å². The van der Waals surface area contributed by atoms with E-state index < -0.39 is 0 Å². The lowest BCUT2D eigenvalue weighted by atomic mass is 9.74. The van der Waals surface area contributed by atoms with E-state index in [2.05, 4.69) is 13.8 Å². The Balaban J connectivity index is 1.73. The second-order valence-electron chi connectivity index (χ2n) is 6.48. The first-order chi connectivity index (χ1) is 10.2. The van der Waals surface area contributed by atoms with Crippen molar-refractivity contribution in [3.63, 3.8) is 0 Å². The minimum absolute atomic E-state index is 0.120. The van der Waals surface area contributed by atoms with E-state index in [0.29, 0.717) is 19.8 Å². The number of nitrogens with two attached hydrogens (primary N) is 1. The van der Waals surface area contributed by atoms with Crippen LogP contribution in [-0.2, 0) is 4.74 Å². The predicted octanol–water partition coefficient (Wildman–Crippen LogP) is 3.63. The molecule has 3 heteroatoms.